The monoisotopic (exact) mass is 619 g/mol. The Kier molecular flexibility index (Phi) is 6.78. The second kappa shape index (κ2) is 10.3. The predicted octanol–water partition coefficient (Wildman–Crippen LogP) is 5.42. The van der Waals surface area contributed by atoms with Gasteiger partial charge in [-0.25, -0.2) is 4.90 Å². The molecule has 1 N–H and O–H groups in total. The normalized spacial score (nSPS) is 20.1. The minimum absolute atomic E-state index is 0.191. The van der Waals surface area contributed by atoms with E-state index in [1.54, 1.807) is 30.3 Å². The number of thioether (sulfide) groups is 1. The Bertz CT molecular complexity index is 1670. The summed E-state index contributed by atoms with van der Waals surface area (Å²) in [7, 11) is 0. The molecule has 10 heteroatoms. The largest absolute Gasteiger partial charge is 0.325 e. The molecule has 0 spiro atoms. The molecule has 4 aromatic rings. The number of benzene rings is 3. The van der Waals surface area contributed by atoms with Crippen LogP contribution < -0.4 is 15.1 Å². The van der Waals surface area contributed by atoms with Gasteiger partial charge in [-0.15, -0.1) is 0 Å². The van der Waals surface area contributed by atoms with Gasteiger partial charge in [0.2, 0.25) is 17.7 Å². The zero-order valence-corrected chi connectivity index (χ0v) is 23.9. The SMILES string of the molecule is Cc1cccc(NC(=O)Cn2c3c(sc2=O)C(c2ccccc2)C2C(=O)N(c4ccc(Br)cc4)C(=O)C2S3)c1. The third kappa shape index (κ3) is 4.66. The van der Waals surface area contributed by atoms with E-state index < -0.39 is 17.1 Å². The van der Waals surface area contributed by atoms with Crippen LogP contribution in [0.1, 0.15) is 21.9 Å². The molecule has 3 aromatic carbocycles. The fourth-order valence-corrected chi connectivity index (χ4v) is 8.22. The van der Waals surface area contributed by atoms with Crippen LogP contribution in [-0.4, -0.2) is 27.5 Å². The first-order valence-corrected chi connectivity index (χ1v) is 14.8. The highest BCUT2D eigenvalue weighted by molar-refractivity contribution is 9.10. The number of amides is 3. The van der Waals surface area contributed by atoms with Crippen LogP contribution in [0, 0.1) is 12.8 Å². The van der Waals surface area contributed by atoms with Crippen LogP contribution in [0.2, 0.25) is 0 Å². The quantitative estimate of drug-likeness (QED) is 0.302. The Balaban J connectivity index is 1.40. The Hall–Kier alpha value is -3.47. The second-order valence-corrected chi connectivity index (χ2v) is 12.5. The van der Waals surface area contributed by atoms with Gasteiger partial charge in [0, 0.05) is 21.0 Å². The highest BCUT2D eigenvalue weighted by atomic mass is 79.9. The van der Waals surface area contributed by atoms with Crippen LogP contribution in [-0.2, 0) is 20.9 Å². The first-order chi connectivity index (χ1) is 18.8. The molecule has 6 rings (SSSR count). The smallest absolute Gasteiger partial charge is 0.308 e. The molecule has 0 bridgehead atoms. The van der Waals surface area contributed by atoms with Gasteiger partial charge in [0.05, 0.1) is 16.6 Å². The Morgan fingerprint density at radius 1 is 0.949 bits per heavy atom. The number of hydrogen-bond acceptors (Lipinski definition) is 6. The van der Waals surface area contributed by atoms with Crippen LogP contribution in [0.5, 0.6) is 0 Å². The minimum Gasteiger partial charge on any atom is -0.325 e. The Morgan fingerprint density at radius 3 is 2.41 bits per heavy atom. The average Bonchev–Trinajstić information content (AvgIpc) is 3.36. The first kappa shape index (κ1) is 25.8. The number of hydrogen-bond donors (Lipinski definition) is 1. The summed E-state index contributed by atoms with van der Waals surface area (Å²) >= 11 is 5.65. The topological polar surface area (TPSA) is 88.5 Å². The van der Waals surface area contributed by atoms with Gasteiger partial charge in [-0.2, -0.15) is 0 Å². The van der Waals surface area contributed by atoms with Crippen molar-refractivity contribution in [3.63, 3.8) is 0 Å². The maximum atomic E-state index is 13.9. The van der Waals surface area contributed by atoms with Crippen LogP contribution in [0.3, 0.4) is 0 Å². The summed E-state index contributed by atoms with van der Waals surface area (Å²) in [5.41, 5.74) is 3.01. The van der Waals surface area contributed by atoms with Crippen molar-refractivity contribution in [1.82, 2.24) is 4.57 Å². The lowest BCUT2D eigenvalue weighted by molar-refractivity contribution is -0.122. The van der Waals surface area contributed by atoms with E-state index >= 15 is 0 Å². The van der Waals surface area contributed by atoms with Gasteiger partial charge >= 0.3 is 4.87 Å². The Morgan fingerprint density at radius 2 is 1.69 bits per heavy atom. The van der Waals surface area contributed by atoms with Crippen molar-refractivity contribution >= 4 is 68.1 Å². The number of anilines is 2. The van der Waals surface area contributed by atoms with Crippen molar-refractivity contribution in [2.24, 2.45) is 5.92 Å². The number of imide groups is 1. The number of rotatable bonds is 5. The summed E-state index contributed by atoms with van der Waals surface area (Å²) in [6.45, 7) is 1.74. The third-order valence-electron chi connectivity index (χ3n) is 6.90. The van der Waals surface area contributed by atoms with Gasteiger partial charge in [0.25, 0.3) is 0 Å². The zero-order chi connectivity index (χ0) is 27.3. The molecule has 3 amide bonds. The van der Waals surface area contributed by atoms with Crippen molar-refractivity contribution in [2.45, 2.75) is 29.7 Å². The number of nitrogens with zero attached hydrogens (tertiary/aromatic N) is 2. The molecule has 3 heterocycles. The van der Waals surface area contributed by atoms with E-state index in [1.165, 1.54) is 21.2 Å². The van der Waals surface area contributed by atoms with Crippen molar-refractivity contribution in [1.29, 1.82) is 0 Å². The maximum absolute atomic E-state index is 13.9. The summed E-state index contributed by atoms with van der Waals surface area (Å²) in [6, 6.07) is 24.0. The molecule has 2 aliphatic rings. The van der Waals surface area contributed by atoms with Crippen molar-refractivity contribution in [2.75, 3.05) is 10.2 Å². The third-order valence-corrected chi connectivity index (χ3v) is 10.0. The molecule has 7 nitrogen and oxygen atoms in total. The standard InChI is InChI=1S/C29H22BrN3O4S2/c1-16-6-5-9-19(14-16)31-21(34)15-32-28-25(39-29(32)37)22(17-7-3-2-4-8-17)23-24(38-28)27(36)33(26(23)35)20-12-10-18(30)11-13-20/h2-14,22-24H,15H2,1H3,(H,31,34). The number of fused-ring (bicyclic) bond motifs is 2. The van der Waals surface area contributed by atoms with Crippen molar-refractivity contribution in [3.8, 4) is 0 Å². The number of aryl methyl sites for hydroxylation is 1. The van der Waals surface area contributed by atoms with Gasteiger partial charge in [0.1, 0.15) is 11.8 Å². The molecular formula is C29H22BrN3O4S2. The molecule has 1 aromatic heterocycles. The summed E-state index contributed by atoms with van der Waals surface area (Å²) in [6.07, 6.45) is 0. The first-order valence-electron chi connectivity index (χ1n) is 12.3. The summed E-state index contributed by atoms with van der Waals surface area (Å²) in [4.78, 5) is 55.5. The van der Waals surface area contributed by atoms with E-state index in [0.717, 1.165) is 26.9 Å². The molecule has 1 fully saturated rings. The number of halogens is 1. The molecule has 2 aliphatic heterocycles. The summed E-state index contributed by atoms with van der Waals surface area (Å²) in [5, 5.41) is 2.70. The van der Waals surface area contributed by atoms with E-state index in [-0.39, 0.29) is 29.1 Å². The van der Waals surface area contributed by atoms with Crippen molar-refractivity contribution < 1.29 is 14.4 Å². The average molecular weight is 621 g/mol. The van der Waals surface area contributed by atoms with Gasteiger partial charge in [-0.05, 0) is 54.4 Å². The number of carbonyl (C=O) groups is 3. The maximum Gasteiger partial charge on any atom is 0.308 e. The number of carbonyl (C=O) groups excluding carboxylic acids is 3. The number of nitrogens with one attached hydrogen (secondary N) is 1. The van der Waals surface area contributed by atoms with E-state index in [1.807, 2.05) is 55.5 Å². The zero-order valence-electron chi connectivity index (χ0n) is 20.7. The highest BCUT2D eigenvalue weighted by Crippen LogP contribution is 2.53. The molecule has 0 radical (unpaired) electrons. The van der Waals surface area contributed by atoms with Crippen LogP contribution in [0.25, 0.3) is 0 Å². The molecule has 39 heavy (non-hydrogen) atoms. The summed E-state index contributed by atoms with van der Waals surface area (Å²) in [5.74, 6) is -2.10. The Labute approximate surface area is 241 Å². The van der Waals surface area contributed by atoms with E-state index in [2.05, 4.69) is 21.2 Å². The van der Waals surface area contributed by atoms with Crippen LogP contribution in [0.4, 0.5) is 11.4 Å². The number of aromatic nitrogens is 1. The lowest BCUT2D eigenvalue weighted by Crippen LogP contribution is -2.33. The van der Waals surface area contributed by atoms with Gasteiger partial charge < -0.3 is 5.32 Å². The number of thiazole rings is 1. The molecule has 196 valence electrons. The lowest BCUT2D eigenvalue weighted by atomic mass is 9.83. The highest BCUT2D eigenvalue weighted by Gasteiger charge is 2.56. The van der Waals surface area contributed by atoms with E-state index in [9.17, 15) is 19.2 Å². The van der Waals surface area contributed by atoms with E-state index in [0.29, 0.717) is 21.3 Å². The van der Waals surface area contributed by atoms with Gasteiger partial charge in [-0.1, -0.05) is 81.5 Å². The van der Waals surface area contributed by atoms with Crippen molar-refractivity contribution in [3.05, 3.63) is 109 Å². The predicted molar refractivity (Wildman–Crippen MR) is 156 cm³/mol. The fourth-order valence-electron chi connectivity index (χ4n) is 5.19. The van der Waals surface area contributed by atoms with Crippen LogP contribution >= 0.6 is 39.0 Å². The van der Waals surface area contributed by atoms with Crippen LogP contribution in [0.15, 0.2) is 93.2 Å². The molecule has 1 saturated heterocycles. The lowest BCUT2D eigenvalue weighted by Gasteiger charge is -2.30. The van der Waals surface area contributed by atoms with Gasteiger partial charge in [0.15, 0.2) is 0 Å². The molecule has 0 saturated carbocycles. The fraction of sp³-hybridized carbons (Fsp3) is 0.172. The molecule has 3 atom stereocenters. The molecule has 3 unspecified atom stereocenters. The van der Waals surface area contributed by atoms with Gasteiger partial charge in [-0.3, -0.25) is 23.7 Å². The molecular weight excluding hydrogens is 598 g/mol. The summed E-state index contributed by atoms with van der Waals surface area (Å²) < 4.78 is 2.27. The van der Waals surface area contributed by atoms with E-state index in [4.69, 9.17) is 0 Å². The molecule has 0 aliphatic carbocycles. The second-order valence-electron chi connectivity index (χ2n) is 9.48. The minimum atomic E-state index is -0.723.